The number of carboxylic acid groups (broad SMARTS) is 1. The van der Waals surface area contributed by atoms with Crippen molar-refractivity contribution in [2.24, 2.45) is 5.92 Å². The van der Waals surface area contributed by atoms with Crippen LogP contribution in [0, 0.1) is 5.92 Å². The summed E-state index contributed by atoms with van der Waals surface area (Å²) in [4.78, 5) is 27.1. The summed E-state index contributed by atoms with van der Waals surface area (Å²) in [6.07, 6.45) is 8.36. The summed E-state index contributed by atoms with van der Waals surface area (Å²) in [5.74, 6) is -1.00. The molecule has 1 heterocycles. The highest BCUT2D eigenvalue weighted by Crippen LogP contribution is 2.23. The lowest BCUT2D eigenvalue weighted by molar-refractivity contribution is -0.143. The smallest absolute Gasteiger partial charge is 0.319 e. The van der Waals surface area contributed by atoms with Crippen molar-refractivity contribution in [2.75, 3.05) is 20.1 Å². The first-order valence-electron chi connectivity index (χ1n) is 7.84. The van der Waals surface area contributed by atoms with Gasteiger partial charge in [-0.2, -0.15) is 0 Å². The van der Waals surface area contributed by atoms with E-state index in [0.29, 0.717) is 32.0 Å². The van der Waals surface area contributed by atoms with Gasteiger partial charge in [-0.15, -0.1) is 0 Å². The Bertz CT molecular complexity index is 343. The van der Waals surface area contributed by atoms with Crippen molar-refractivity contribution in [2.45, 2.75) is 57.4 Å². The van der Waals surface area contributed by atoms with E-state index in [1.54, 1.807) is 0 Å². The van der Waals surface area contributed by atoms with Gasteiger partial charge in [0, 0.05) is 26.2 Å². The van der Waals surface area contributed by atoms with E-state index in [2.05, 4.69) is 0 Å². The van der Waals surface area contributed by atoms with Gasteiger partial charge in [0.15, 0.2) is 0 Å². The number of carbonyl (C=O) groups excluding carboxylic acids is 1. The number of urea groups is 1. The van der Waals surface area contributed by atoms with Crippen molar-refractivity contribution in [1.82, 2.24) is 9.80 Å². The number of aliphatic carboxylic acids is 1. The largest absolute Gasteiger partial charge is 0.481 e. The molecule has 1 aliphatic heterocycles. The first-order chi connectivity index (χ1) is 9.59. The molecule has 5 nitrogen and oxygen atoms in total. The Morgan fingerprint density at radius 2 is 1.55 bits per heavy atom. The Hall–Kier alpha value is -1.26. The lowest BCUT2D eigenvalue weighted by atomic mass is 9.97. The third kappa shape index (κ3) is 3.64. The number of carboxylic acids is 1. The molecule has 5 heteroatoms. The summed E-state index contributed by atoms with van der Waals surface area (Å²) >= 11 is 0. The van der Waals surface area contributed by atoms with E-state index in [1.165, 1.54) is 25.7 Å². The number of piperidine rings is 1. The summed E-state index contributed by atoms with van der Waals surface area (Å²) in [6, 6.07) is 0.447. The van der Waals surface area contributed by atoms with Crippen LogP contribution in [0.1, 0.15) is 51.4 Å². The molecule has 0 atom stereocenters. The average Bonchev–Trinajstić information content (AvgIpc) is 2.75. The second-order valence-electron chi connectivity index (χ2n) is 6.14. The zero-order valence-electron chi connectivity index (χ0n) is 12.4. The first kappa shape index (κ1) is 15.1. The molecule has 1 aliphatic carbocycles. The molecule has 114 valence electrons. The standard InChI is InChI=1S/C15H26N2O3/c1-16(13-6-4-2-3-5-7-13)15(20)17-10-8-12(9-11-17)14(18)19/h12-13H,2-11H2,1H3,(H,18,19). The molecule has 20 heavy (non-hydrogen) atoms. The van der Waals surface area contributed by atoms with E-state index >= 15 is 0 Å². The number of amides is 2. The molecule has 2 rings (SSSR count). The predicted octanol–water partition coefficient (Wildman–Crippen LogP) is 2.56. The minimum absolute atomic E-state index is 0.0840. The number of hydrogen-bond acceptors (Lipinski definition) is 2. The van der Waals surface area contributed by atoms with Gasteiger partial charge < -0.3 is 14.9 Å². The molecule has 1 saturated carbocycles. The highest BCUT2D eigenvalue weighted by Gasteiger charge is 2.30. The van der Waals surface area contributed by atoms with Crippen LogP contribution in [0.2, 0.25) is 0 Å². The van der Waals surface area contributed by atoms with Crippen molar-refractivity contribution < 1.29 is 14.7 Å². The molecule has 2 fully saturated rings. The van der Waals surface area contributed by atoms with E-state index in [-0.39, 0.29) is 11.9 Å². The molecule has 1 saturated heterocycles. The van der Waals surface area contributed by atoms with E-state index < -0.39 is 5.97 Å². The van der Waals surface area contributed by atoms with Crippen LogP contribution in [-0.2, 0) is 4.79 Å². The SMILES string of the molecule is CN(C(=O)N1CCC(C(=O)O)CC1)C1CCCCCC1. The van der Waals surface area contributed by atoms with Gasteiger partial charge in [0.25, 0.3) is 0 Å². The third-order valence-corrected chi connectivity index (χ3v) is 4.79. The molecule has 2 aliphatic rings. The lowest BCUT2D eigenvalue weighted by Gasteiger charge is -2.36. The van der Waals surface area contributed by atoms with E-state index in [1.807, 2.05) is 16.8 Å². The Kier molecular flexibility index (Phi) is 5.26. The van der Waals surface area contributed by atoms with Gasteiger partial charge in [-0.3, -0.25) is 4.79 Å². The van der Waals surface area contributed by atoms with E-state index in [4.69, 9.17) is 5.11 Å². The number of rotatable bonds is 2. The Balaban J connectivity index is 1.85. The normalized spacial score (nSPS) is 22.4. The molecule has 1 N–H and O–H groups in total. The number of nitrogens with zero attached hydrogens (tertiary/aromatic N) is 2. The molecule has 0 bridgehead atoms. The number of likely N-dealkylation sites (tertiary alicyclic amines) is 1. The van der Waals surface area contributed by atoms with Crippen LogP contribution < -0.4 is 0 Å². The van der Waals surface area contributed by atoms with Crippen LogP contribution in [-0.4, -0.2) is 53.1 Å². The number of carbonyl (C=O) groups is 2. The van der Waals surface area contributed by atoms with Gasteiger partial charge in [0.2, 0.25) is 0 Å². The second kappa shape index (κ2) is 6.95. The second-order valence-corrected chi connectivity index (χ2v) is 6.14. The van der Waals surface area contributed by atoms with Crippen LogP contribution in [0.3, 0.4) is 0 Å². The van der Waals surface area contributed by atoms with Crippen LogP contribution >= 0.6 is 0 Å². The molecule has 0 unspecified atom stereocenters. The van der Waals surface area contributed by atoms with Gasteiger partial charge >= 0.3 is 12.0 Å². The van der Waals surface area contributed by atoms with Crippen molar-refractivity contribution in [3.8, 4) is 0 Å². The fourth-order valence-electron chi connectivity index (χ4n) is 3.34. The molecular weight excluding hydrogens is 256 g/mol. The fraction of sp³-hybridized carbons (Fsp3) is 0.867. The van der Waals surface area contributed by atoms with Crippen molar-refractivity contribution in [3.63, 3.8) is 0 Å². The minimum atomic E-state index is -0.728. The number of hydrogen-bond donors (Lipinski definition) is 1. The summed E-state index contributed by atoms with van der Waals surface area (Å²) < 4.78 is 0. The Morgan fingerprint density at radius 3 is 2.05 bits per heavy atom. The summed E-state index contributed by atoms with van der Waals surface area (Å²) in [6.45, 7) is 1.15. The zero-order chi connectivity index (χ0) is 14.5. The summed E-state index contributed by atoms with van der Waals surface area (Å²) in [5, 5.41) is 8.99. The molecule has 0 spiro atoms. The van der Waals surface area contributed by atoms with Gasteiger partial charge in [-0.25, -0.2) is 4.79 Å². The van der Waals surface area contributed by atoms with Gasteiger partial charge in [0.05, 0.1) is 5.92 Å². The third-order valence-electron chi connectivity index (χ3n) is 4.79. The van der Waals surface area contributed by atoms with Crippen molar-refractivity contribution >= 4 is 12.0 Å². The lowest BCUT2D eigenvalue weighted by Crippen LogP contribution is -2.49. The van der Waals surface area contributed by atoms with Crippen LogP contribution in [0.4, 0.5) is 4.79 Å². The molecule has 0 aromatic rings. The first-order valence-corrected chi connectivity index (χ1v) is 7.84. The topological polar surface area (TPSA) is 60.9 Å². The highest BCUT2D eigenvalue weighted by molar-refractivity contribution is 5.75. The maximum atomic E-state index is 12.5. The zero-order valence-corrected chi connectivity index (χ0v) is 12.4. The van der Waals surface area contributed by atoms with E-state index in [0.717, 1.165) is 12.8 Å². The minimum Gasteiger partial charge on any atom is -0.481 e. The van der Waals surface area contributed by atoms with Crippen molar-refractivity contribution in [1.29, 1.82) is 0 Å². The molecule has 0 aromatic carbocycles. The maximum Gasteiger partial charge on any atom is 0.319 e. The fourth-order valence-corrected chi connectivity index (χ4v) is 3.34. The summed E-state index contributed by atoms with van der Waals surface area (Å²) in [5.41, 5.74) is 0. The molecule has 2 amide bonds. The Labute approximate surface area is 120 Å². The van der Waals surface area contributed by atoms with Gasteiger partial charge in [-0.05, 0) is 25.7 Å². The van der Waals surface area contributed by atoms with Crippen LogP contribution in [0.5, 0.6) is 0 Å². The quantitative estimate of drug-likeness (QED) is 0.792. The Morgan fingerprint density at radius 1 is 1.00 bits per heavy atom. The highest BCUT2D eigenvalue weighted by atomic mass is 16.4. The average molecular weight is 282 g/mol. The monoisotopic (exact) mass is 282 g/mol. The van der Waals surface area contributed by atoms with Gasteiger partial charge in [0.1, 0.15) is 0 Å². The molecule has 0 aromatic heterocycles. The van der Waals surface area contributed by atoms with Gasteiger partial charge in [-0.1, -0.05) is 25.7 Å². The van der Waals surface area contributed by atoms with Crippen LogP contribution in [0.25, 0.3) is 0 Å². The van der Waals surface area contributed by atoms with Crippen LogP contribution in [0.15, 0.2) is 0 Å². The molecular formula is C15H26N2O3. The van der Waals surface area contributed by atoms with E-state index in [9.17, 15) is 9.59 Å². The summed E-state index contributed by atoms with van der Waals surface area (Å²) in [7, 11) is 1.90. The maximum absolute atomic E-state index is 12.5. The van der Waals surface area contributed by atoms with Crippen molar-refractivity contribution in [3.05, 3.63) is 0 Å². The molecule has 0 radical (unpaired) electrons. The predicted molar refractivity (Wildman–Crippen MR) is 76.6 cm³/mol.